The van der Waals surface area contributed by atoms with E-state index in [1.807, 2.05) is 25.1 Å². The zero-order valence-corrected chi connectivity index (χ0v) is 17.7. The molecule has 1 aromatic rings. The Hall–Kier alpha value is -1.20. The van der Waals surface area contributed by atoms with Gasteiger partial charge in [-0.1, -0.05) is 42.5 Å². The van der Waals surface area contributed by atoms with Crippen molar-refractivity contribution >= 4 is 0 Å². The molecule has 2 rings (SSSR count). The molecule has 1 aliphatic heterocycles. The maximum absolute atomic E-state index is 10.5. The van der Waals surface area contributed by atoms with E-state index in [0.29, 0.717) is 26.4 Å². The van der Waals surface area contributed by atoms with Crippen LogP contribution < -0.4 is 0 Å². The number of aliphatic hydroxyl groups is 1. The van der Waals surface area contributed by atoms with Crippen LogP contribution in [0, 0.1) is 0 Å². The number of benzene rings is 1. The van der Waals surface area contributed by atoms with Gasteiger partial charge < -0.3 is 14.6 Å². The van der Waals surface area contributed by atoms with E-state index in [2.05, 4.69) is 51.3 Å². The number of ether oxygens (including phenoxy) is 2. The fourth-order valence-corrected chi connectivity index (χ4v) is 4.26. The number of piperidine rings is 1. The van der Waals surface area contributed by atoms with Gasteiger partial charge in [-0.15, -0.1) is 0 Å². The first kappa shape index (κ1) is 22.1. The van der Waals surface area contributed by atoms with Crippen molar-refractivity contribution in [3.05, 3.63) is 48.0 Å². The zero-order valence-electron chi connectivity index (χ0n) is 17.7. The maximum atomic E-state index is 10.5. The third kappa shape index (κ3) is 6.72. The molecular weight excluding hydrogens is 338 g/mol. The van der Waals surface area contributed by atoms with Crippen molar-refractivity contribution in [1.82, 2.24) is 4.90 Å². The standard InChI is InChI=1S/C23H37NO3/c1-18(2)15-26-17-20(25)14-24-22(3,4)12-21(13-23(24,5)6)27-16-19-10-8-7-9-11-19/h7-11,20-21,25H,1,12-17H2,2-6H3. The lowest BCUT2D eigenvalue weighted by Gasteiger charge is -2.55. The quantitative estimate of drug-likeness (QED) is 0.658. The molecule has 1 aromatic carbocycles. The normalized spacial score (nSPS) is 21.1. The molecule has 1 unspecified atom stereocenters. The highest BCUT2D eigenvalue weighted by Gasteiger charge is 2.46. The Morgan fingerprint density at radius 2 is 1.78 bits per heavy atom. The average Bonchev–Trinajstić information content (AvgIpc) is 2.56. The van der Waals surface area contributed by atoms with E-state index < -0.39 is 6.10 Å². The Balaban J connectivity index is 1.93. The Morgan fingerprint density at radius 1 is 1.19 bits per heavy atom. The van der Waals surface area contributed by atoms with Crippen LogP contribution in [0.2, 0.25) is 0 Å². The SMILES string of the molecule is C=C(C)COCC(O)CN1C(C)(C)CC(OCc2ccccc2)CC1(C)C. The largest absolute Gasteiger partial charge is 0.389 e. The topological polar surface area (TPSA) is 41.9 Å². The van der Waals surface area contributed by atoms with Gasteiger partial charge in [-0.25, -0.2) is 0 Å². The van der Waals surface area contributed by atoms with E-state index in [1.165, 1.54) is 5.56 Å². The average molecular weight is 376 g/mol. The minimum Gasteiger partial charge on any atom is -0.389 e. The summed E-state index contributed by atoms with van der Waals surface area (Å²) in [5, 5.41) is 10.5. The van der Waals surface area contributed by atoms with Gasteiger partial charge in [-0.2, -0.15) is 0 Å². The summed E-state index contributed by atoms with van der Waals surface area (Å²) in [6.45, 7) is 16.8. The second-order valence-corrected chi connectivity index (χ2v) is 9.19. The molecule has 0 bridgehead atoms. The van der Waals surface area contributed by atoms with E-state index in [0.717, 1.165) is 18.4 Å². The number of hydrogen-bond acceptors (Lipinski definition) is 4. The molecule has 4 heteroatoms. The first-order valence-corrected chi connectivity index (χ1v) is 9.93. The van der Waals surface area contributed by atoms with Crippen molar-refractivity contribution in [2.45, 2.75) is 77.4 Å². The minimum absolute atomic E-state index is 0.0571. The molecule has 0 spiro atoms. The first-order valence-electron chi connectivity index (χ1n) is 9.93. The molecule has 1 fully saturated rings. The van der Waals surface area contributed by atoms with Crippen LogP contribution >= 0.6 is 0 Å². The van der Waals surface area contributed by atoms with Gasteiger partial charge in [0.05, 0.1) is 32.0 Å². The molecule has 27 heavy (non-hydrogen) atoms. The molecule has 0 saturated carbocycles. The molecule has 1 saturated heterocycles. The van der Waals surface area contributed by atoms with Crippen molar-refractivity contribution in [2.75, 3.05) is 19.8 Å². The predicted molar refractivity (Wildman–Crippen MR) is 111 cm³/mol. The minimum atomic E-state index is -0.510. The molecule has 1 atom stereocenters. The van der Waals surface area contributed by atoms with Gasteiger partial charge in [0.1, 0.15) is 0 Å². The van der Waals surface area contributed by atoms with Gasteiger partial charge in [0, 0.05) is 17.6 Å². The molecule has 0 aromatic heterocycles. The van der Waals surface area contributed by atoms with Crippen molar-refractivity contribution in [3.8, 4) is 0 Å². The second kappa shape index (κ2) is 9.33. The van der Waals surface area contributed by atoms with Crippen molar-refractivity contribution in [1.29, 1.82) is 0 Å². The number of aliphatic hydroxyl groups excluding tert-OH is 1. The van der Waals surface area contributed by atoms with Crippen LogP contribution in [0.4, 0.5) is 0 Å². The Kier molecular flexibility index (Phi) is 7.64. The van der Waals surface area contributed by atoms with Crippen LogP contribution in [0.25, 0.3) is 0 Å². The van der Waals surface area contributed by atoms with Crippen LogP contribution in [-0.4, -0.2) is 53.1 Å². The Labute approximate surface area is 165 Å². The van der Waals surface area contributed by atoms with Gasteiger partial charge in [0.15, 0.2) is 0 Å². The lowest BCUT2D eigenvalue weighted by molar-refractivity contribution is -0.124. The number of likely N-dealkylation sites (tertiary alicyclic amines) is 1. The maximum Gasteiger partial charge on any atom is 0.0900 e. The molecule has 1 heterocycles. The fraction of sp³-hybridized carbons (Fsp3) is 0.652. The molecule has 152 valence electrons. The van der Waals surface area contributed by atoms with E-state index in [9.17, 15) is 5.11 Å². The van der Waals surface area contributed by atoms with E-state index >= 15 is 0 Å². The van der Waals surface area contributed by atoms with Crippen LogP contribution in [-0.2, 0) is 16.1 Å². The van der Waals surface area contributed by atoms with Gasteiger partial charge >= 0.3 is 0 Å². The summed E-state index contributed by atoms with van der Waals surface area (Å²) in [6.07, 6.45) is 1.60. The molecule has 1 aliphatic rings. The van der Waals surface area contributed by atoms with Crippen molar-refractivity contribution in [3.63, 3.8) is 0 Å². The zero-order chi connectivity index (χ0) is 20.1. The lowest BCUT2D eigenvalue weighted by atomic mass is 9.78. The Morgan fingerprint density at radius 3 is 2.33 bits per heavy atom. The van der Waals surface area contributed by atoms with Crippen LogP contribution in [0.5, 0.6) is 0 Å². The highest BCUT2D eigenvalue weighted by atomic mass is 16.5. The predicted octanol–water partition coefficient (Wildman–Crippen LogP) is 4.18. The summed E-state index contributed by atoms with van der Waals surface area (Å²) < 4.78 is 11.8. The van der Waals surface area contributed by atoms with Gasteiger partial charge in [-0.05, 0) is 53.0 Å². The number of hydrogen-bond donors (Lipinski definition) is 1. The third-order valence-electron chi connectivity index (χ3n) is 5.30. The summed E-state index contributed by atoms with van der Waals surface area (Å²) in [5.74, 6) is 0. The Bertz CT molecular complexity index is 579. The number of β-amino-alcohol motifs (C(OH)–C–C–N with tert-alkyl or cyclic N) is 1. The fourth-order valence-electron chi connectivity index (χ4n) is 4.26. The smallest absolute Gasteiger partial charge is 0.0900 e. The first-order chi connectivity index (χ1) is 12.6. The van der Waals surface area contributed by atoms with E-state index in [-0.39, 0.29) is 17.2 Å². The molecule has 4 nitrogen and oxygen atoms in total. The van der Waals surface area contributed by atoms with E-state index in [4.69, 9.17) is 9.47 Å². The highest BCUT2D eigenvalue weighted by molar-refractivity contribution is 5.13. The summed E-state index contributed by atoms with van der Waals surface area (Å²) in [5.41, 5.74) is 2.07. The van der Waals surface area contributed by atoms with Gasteiger partial charge in [-0.3, -0.25) is 4.90 Å². The summed E-state index contributed by atoms with van der Waals surface area (Å²) in [6, 6.07) is 10.3. The molecule has 0 aliphatic carbocycles. The number of rotatable bonds is 9. The molecule has 1 N–H and O–H groups in total. The highest BCUT2D eigenvalue weighted by Crippen LogP contribution is 2.39. The van der Waals surface area contributed by atoms with Crippen LogP contribution in [0.1, 0.15) is 53.0 Å². The van der Waals surface area contributed by atoms with Gasteiger partial charge in [0.25, 0.3) is 0 Å². The lowest BCUT2D eigenvalue weighted by Crippen LogP contribution is -2.63. The van der Waals surface area contributed by atoms with E-state index in [1.54, 1.807) is 0 Å². The molecule has 0 radical (unpaired) electrons. The summed E-state index contributed by atoms with van der Waals surface area (Å²) >= 11 is 0. The summed E-state index contributed by atoms with van der Waals surface area (Å²) in [4.78, 5) is 2.41. The summed E-state index contributed by atoms with van der Waals surface area (Å²) in [7, 11) is 0. The van der Waals surface area contributed by atoms with Crippen LogP contribution in [0.3, 0.4) is 0 Å². The van der Waals surface area contributed by atoms with Crippen molar-refractivity contribution in [2.24, 2.45) is 0 Å². The molecular formula is C23H37NO3. The number of nitrogens with zero attached hydrogens (tertiary/aromatic N) is 1. The second-order valence-electron chi connectivity index (χ2n) is 9.19. The molecule has 0 amide bonds. The monoisotopic (exact) mass is 375 g/mol. The van der Waals surface area contributed by atoms with Crippen LogP contribution in [0.15, 0.2) is 42.5 Å². The van der Waals surface area contributed by atoms with Gasteiger partial charge in [0.2, 0.25) is 0 Å². The third-order valence-corrected chi connectivity index (χ3v) is 5.30. The van der Waals surface area contributed by atoms with Crippen molar-refractivity contribution < 1.29 is 14.6 Å².